The van der Waals surface area contributed by atoms with Crippen LogP contribution in [0.1, 0.15) is 16.7 Å². The van der Waals surface area contributed by atoms with Crippen molar-refractivity contribution in [1.29, 1.82) is 0 Å². The summed E-state index contributed by atoms with van der Waals surface area (Å²) in [6, 6.07) is 26.9. The van der Waals surface area contributed by atoms with Gasteiger partial charge in [-0.2, -0.15) is 0 Å². The molecule has 0 saturated heterocycles. The molecule has 148 valence electrons. The van der Waals surface area contributed by atoms with Crippen LogP contribution >= 0.6 is 0 Å². The van der Waals surface area contributed by atoms with Crippen molar-refractivity contribution in [3.63, 3.8) is 0 Å². The maximum absolute atomic E-state index is 11.5. The van der Waals surface area contributed by atoms with E-state index in [0.29, 0.717) is 19.6 Å². The van der Waals surface area contributed by atoms with Crippen molar-refractivity contribution in [3.05, 3.63) is 108 Å². The number of rotatable bonds is 10. The van der Waals surface area contributed by atoms with Gasteiger partial charge >= 0.3 is 5.97 Å². The molecule has 3 rings (SSSR count). The number of carboxylic acids is 1. The zero-order valence-electron chi connectivity index (χ0n) is 16.2. The van der Waals surface area contributed by atoms with Crippen LogP contribution in [-0.4, -0.2) is 23.7 Å². The van der Waals surface area contributed by atoms with Crippen LogP contribution in [0.2, 0.25) is 0 Å². The minimum absolute atomic E-state index is 0.458. The van der Waals surface area contributed by atoms with Gasteiger partial charge in [0.2, 0.25) is 0 Å². The predicted octanol–water partition coefficient (Wildman–Crippen LogP) is 4.56. The van der Waals surface area contributed by atoms with Crippen molar-refractivity contribution in [2.75, 3.05) is 6.54 Å². The molecule has 0 aliphatic carbocycles. The highest BCUT2D eigenvalue weighted by Gasteiger charge is 2.16. The highest BCUT2D eigenvalue weighted by molar-refractivity contribution is 5.74. The smallest absolute Gasteiger partial charge is 0.321 e. The Morgan fingerprint density at radius 1 is 0.897 bits per heavy atom. The van der Waals surface area contributed by atoms with E-state index in [-0.39, 0.29) is 0 Å². The van der Waals surface area contributed by atoms with Gasteiger partial charge in [0, 0.05) is 6.54 Å². The second kappa shape index (κ2) is 10.8. The first kappa shape index (κ1) is 20.4. The summed E-state index contributed by atoms with van der Waals surface area (Å²) in [4.78, 5) is 11.5. The summed E-state index contributed by atoms with van der Waals surface area (Å²) < 4.78 is 5.74. The zero-order valence-corrected chi connectivity index (χ0v) is 16.2. The maximum atomic E-state index is 11.5. The van der Waals surface area contributed by atoms with Crippen molar-refractivity contribution in [2.45, 2.75) is 19.1 Å². The first-order chi connectivity index (χ1) is 14.2. The van der Waals surface area contributed by atoms with Gasteiger partial charge in [0.05, 0.1) is 0 Å². The van der Waals surface area contributed by atoms with Gasteiger partial charge in [-0.25, -0.2) is 0 Å². The summed E-state index contributed by atoms with van der Waals surface area (Å²) in [6.07, 6.45) is 4.38. The Kier molecular flexibility index (Phi) is 7.61. The van der Waals surface area contributed by atoms with Crippen molar-refractivity contribution in [1.82, 2.24) is 5.32 Å². The molecule has 0 amide bonds. The van der Waals surface area contributed by atoms with Gasteiger partial charge in [0.25, 0.3) is 0 Å². The molecule has 0 fully saturated rings. The van der Waals surface area contributed by atoms with E-state index in [2.05, 4.69) is 5.32 Å². The number of hydrogen-bond acceptors (Lipinski definition) is 3. The SMILES string of the molecule is O=C(O)[C@H](Cc1ccccc1)NCC=Cc1ccc(COc2ccccc2)cc1. The molecule has 0 saturated carbocycles. The molecule has 0 spiro atoms. The number of carbonyl (C=O) groups is 1. The van der Waals surface area contributed by atoms with Gasteiger partial charge in [-0.15, -0.1) is 0 Å². The highest BCUT2D eigenvalue weighted by atomic mass is 16.5. The van der Waals surface area contributed by atoms with Gasteiger partial charge in [-0.1, -0.05) is 84.9 Å². The average Bonchev–Trinajstić information content (AvgIpc) is 2.76. The molecular weight excluding hydrogens is 362 g/mol. The van der Waals surface area contributed by atoms with Gasteiger partial charge in [-0.05, 0) is 35.2 Å². The van der Waals surface area contributed by atoms with Gasteiger partial charge in [0.1, 0.15) is 18.4 Å². The van der Waals surface area contributed by atoms with Crippen LogP contribution in [0, 0.1) is 0 Å². The summed E-state index contributed by atoms with van der Waals surface area (Å²) in [5.41, 5.74) is 3.16. The molecule has 2 N–H and O–H groups in total. The minimum Gasteiger partial charge on any atom is -0.489 e. The third-order valence-electron chi connectivity index (χ3n) is 4.50. The lowest BCUT2D eigenvalue weighted by atomic mass is 10.1. The Morgan fingerprint density at radius 2 is 1.55 bits per heavy atom. The first-order valence-electron chi connectivity index (χ1n) is 9.64. The van der Waals surface area contributed by atoms with E-state index >= 15 is 0 Å². The fourth-order valence-electron chi connectivity index (χ4n) is 2.91. The summed E-state index contributed by atoms with van der Waals surface area (Å²) >= 11 is 0. The van der Waals surface area contributed by atoms with Crippen LogP contribution in [0.15, 0.2) is 91.0 Å². The predicted molar refractivity (Wildman–Crippen MR) is 116 cm³/mol. The molecule has 4 nitrogen and oxygen atoms in total. The van der Waals surface area contributed by atoms with Crippen LogP contribution in [0.5, 0.6) is 5.75 Å². The van der Waals surface area contributed by atoms with E-state index in [1.54, 1.807) is 0 Å². The molecule has 29 heavy (non-hydrogen) atoms. The highest BCUT2D eigenvalue weighted by Crippen LogP contribution is 2.13. The number of carboxylic acid groups (broad SMARTS) is 1. The molecule has 0 aliphatic heterocycles. The largest absolute Gasteiger partial charge is 0.489 e. The van der Waals surface area contributed by atoms with Crippen molar-refractivity contribution < 1.29 is 14.6 Å². The van der Waals surface area contributed by atoms with Crippen LogP contribution in [0.3, 0.4) is 0 Å². The second-order valence-electron chi connectivity index (χ2n) is 6.73. The zero-order chi connectivity index (χ0) is 20.3. The normalized spacial score (nSPS) is 12.0. The number of aliphatic carboxylic acids is 1. The maximum Gasteiger partial charge on any atom is 0.321 e. The summed E-state index contributed by atoms with van der Waals surface area (Å²) in [7, 11) is 0. The Morgan fingerprint density at radius 3 is 2.21 bits per heavy atom. The fraction of sp³-hybridized carbons (Fsp3) is 0.160. The van der Waals surface area contributed by atoms with Crippen molar-refractivity contribution >= 4 is 12.0 Å². The van der Waals surface area contributed by atoms with E-state index < -0.39 is 12.0 Å². The summed E-state index contributed by atoms with van der Waals surface area (Å²) in [5, 5.41) is 12.5. The number of ether oxygens (including phenoxy) is 1. The Balaban J connectivity index is 1.46. The van der Waals surface area contributed by atoms with Gasteiger partial charge in [0.15, 0.2) is 0 Å². The molecule has 0 bridgehead atoms. The lowest BCUT2D eigenvalue weighted by Gasteiger charge is -2.13. The lowest BCUT2D eigenvalue weighted by molar-refractivity contribution is -0.139. The molecule has 0 unspecified atom stereocenters. The van der Waals surface area contributed by atoms with Crippen LogP contribution < -0.4 is 10.1 Å². The molecule has 1 atom stereocenters. The fourth-order valence-corrected chi connectivity index (χ4v) is 2.91. The van der Waals surface area contributed by atoms with Gasteiger partial charge in [-0.3, -0.25) is 4.79 Å². The molecule has 0 aliphatic rings. The third-order valence-corrected chi connectivity index (χ3v) is 4.50. The molecular formula is C25H25NO3. The minimum atomic E-state index is -0.843. The number of para-hydroxylation sites is 1. The molecule has 3 aromatic carbocycles. The van der Waals surface area contributed by atoms with Crippen molar-refractivity contribution in [3.8, 4) is 5.75 Å². The van der Waals surface area contributed by atoms with Crippen LogP contribution in [0.4, 0.5) is 0 Å². The number of hydrogen-bond donors (Lipinski definition) is 2. The van der Waals surface area contributed by atoms with E-state index in [1.807, 2.05) is 97.1 Å². The summed E-state index contributed by atoms with van der Waals surface area (Å²) in [5.74, 6) is 0.0102. The lowest BCUT2D eigenvalue weighted by Crippen LogP contribution is -2.38. The quantitative estimate of drug-likeness (QED) is 0.535. The summed E-state index contributed by atoms with van der Waals surface area (Å²) in [6.45, 7) is 1.01. The van der Waals surface area contributed by atoms with Crippen LogP contribution in [-0.2, 0) is 17.8 Å². The Labute approximate surface area is 171 Å². The monoisotopic (exact) mass is 387 g/mol. The number of benzene rings is 3. The molecule has 0 radical (unpaired) electrons. The topological polar surface area (TPSA) is 58.6 Å². The Hall–Kier alpha value is -3.37. The first-order valence-corrected chi connectivity index (χ1v) is 9.64. The van der Waals surface area contributed by atoms with E-state index in [1.165, 1.54) is 0 Å². The van der Waals surface area contributed by atoms with Gasteiger partial charge < -0.3 is 15.2 Å². The molecule has 4 heteroatoms. The molecule has 3 aromatic rings. The molecule has 0 heterocycles. The van der Waals surface area contributed by atoms with E-state index in [4.69, 9.17) is 4.74 Å². The standard InChI is InChI=1S/C25H25NO3/c27-25(28)24(18-21-8-3-1-4-9-21)26-17-7-10-20-13-15-22(16-14-20)19-29-23-11-5-2-6-12-23/h1-16,24,26H,17-19H2,(H,27,28)/t24-/m0/s1. The second-order valence-corrected chi connectivity index (χ2v) is 6.73. The average molecular weight is 387 g/mol. The van der Waals surface area contributed by atoms with Crippen molar-refractivity contribution in [2.24, 2.45) is 0 Å². The van der Waals surface area contributed by atoms with E-state index in [9.17, 15) is 9.90 Å². The van der Waals surface area contributed by atoms with Crippen LogP contribution in [0.25, 0.3) is 6.08 Å². The Bertz CT molecular complexity index is 906. The van der Waals surface area contributed by atoms with E-state index in [0.717, 1.165) is 22.4 Å². The third kappa shape index (κ3) is 6.94. The molecule has 0 aromatic heterocycles. The number of nitrogens with one attached hydrogen (secondary N) is 1.